The molecule has 3 rings (SSSR count). The van der Waals surface area contributed by atoms with Crippen LogP contribution in [0.15, 0.2) is 6.07 Å². The van der Waals surface area contributed by atoms with Crippen molar-refractivity contribution in [1.82, 2.24) is 19.6 Å². The van der Waals surface area contributed by atoms with Gasteiger partial charge in [-0.1, -0.05) is 0 Å². The molecule has 0 radical (unpaired) electrons. The highest BCUT2D eigenvalue weighted by molar-refractivity contribution is 5.97. The van der Waals surface area contributed by atoms with E-state index in [4.69, 9.17) is 4.74 Å². The monoisotopic (exact) mass is 363 g/mol. The van der Waals surface area contributed by atoms with E-state index in [9.17, 15) is 9.59 Å². The SMILES string of the molecule is CCOCC(=O)N1CCN([C@H]2CCCN(c3cc(C)nn3C)C2=O)CC1. The van der Waals surface area contributed by atoms with Gasteiger partial charge in [0.15, 0.2) is 0 Å². The molecule has 1 aromatic heterocycles. The average Bonchev–Trinajstić information content (AvgIpc) is 2.98. The van der Waals surface area contributed by atoms with Crippen molar-refractivity contribution in [3.8, 4) is 0 Å². The Morgan fingerprint density at radius 1 is 1.27 bits per heavy atom. The minimum absolute atomic E-state index is 0.0356. The zero-order valence-corrected chi connectivity index (χ0v) is 16.0. The summed E-state index contributed by atoms with van der Waals surface area (Å²) in [6, 6.07) is 1.85. The first kappa shape index (κ1) is 18.8. The van der Waals surface area contributed by atoms with Gasteiger partial charge in [-0.15, -0.1) is 0 Å². The van der Waals surface area contributed by atoms with Gasteiger partial charge in [0.05, 0.1) is 11.7 Å². The lowest BCUT2D eigenvalue weighted by Gasteiger charge is -2.42. The molecule has 144 valence electrons. The number of ether oxygens (including phenoxy) is 1. The third-order valence-electron chi connectivity index (χ3n) is 5.20. The molecule has 2 fully saturated rings. The molecule has 26 heavy (non-hydrogen) atoms. The number of anilines is 1. The van der Waals surface area contributed by atoms with Crippen molar-refractivity contribution in [2.45, 2.75) is 32.7 Å². The number of aromatic nitrogens is 2. The number of rotatable bonds is 5. The zero-order chi connectivity index (χ0) is 18.7. The van der Waals surface area contributed by atoms with Crippen LogP contribution >= 0.6 is 0 Å². The molecule has 0 N–H and O–H groups in total. The summed E-state index contributed by atoms with van der Waals surface area (Å²) in [5, 5.41) is 4.37. The van der Waals surface area contributed by atoms with Crippen molar-refractivity contribution < 1.29 is 14.3 Å². The largest absolute Gasteiger partial charge is 0.372 e. The zero-order valence-electron chi connectivity index (χ0n) is 16.0. The second-order valence-electron chi connectivity index (χ2n) is 6.97. The Kier molecular flexibility index (Phi) is 5.93. The van der Waals surface area contributed by atoms with Crippen LogP contribution < -0.4 is 4.90 Å². The topological polar surface area (TPSA) is 70.9 Å². The number of amides is 2. The first-order valence-corrected chi connectivity index (χ1v) is 9.43. The second-order valence-corrected chi connectivity index (χ2v) is 6.97. The van der Waals surface area contributed by atoms with Gasteiger partial charge in [0.1, 0.15) is 12.4 Å². The molecule has 0 aromatic carbocycles. The molecule has 0 aliphatic carbocycles. The molecule has 2 amide bonds. The first-order valence-electron chi connectivity index (χ1n) is 9.43. The van der Waals surface area contributed by atoms with E-state index in [1.54, 1.807) is 4.68 Å². The van der Waals surface area contributed by atoms with Gasteiger partial charge in [0.2, 0.25) is 11.8 Å². The molecular weight excluding hydrogens is 334 g/mol. The van der Waals surface area contributed by atoms with E-state index in [1.165, 1.54) is 0 Å². The maximum Gasteiger partial charge on any atom is 0.248 e. The number of carbonyl (C=O) groups is 2. The van der Waals surface area contributed by atoms with Crippen LogP contribution in [0.3, 0.4) is 0 Å². The fourth-order valence-corrected chi connectivity index (χ4v) is 3.84. The van der Waals surface area contributed by atoms with Crippen molar-refractivity contribution >= 4 is 17.6 Å². The summed E-state index contributed by atoms with van der Waals surface area (Å²) in [5.74, 6) is 1.05. The molecular formula is C18H29N5O3. The average molecular weight is 363 g/mol. The number of piperidine rings is 1. The molecule has 0 unspecified atom stereocenters. The van der Waals surface area contributed by atoms with Crippen LogP contribution in [0, 0.1) is 6.92 Å². The van der Waals surface area contributed by atoms with Crippen LogP contribution in [0.4, 0.5) is 5.82 Å². The second kappa shape index (κ2) is 8.18. The van der Waals surface area contributed by atoms with Crippen molar-refractivity contribution in [3.63, 3.8) is 0 Å². The molecule has 1 aromatic rings. The Morgan fingerprint density at radius 2 is 2.00 bits per heavy atom. The highest BCUT2D eigenvalue weighted by atomic mass is 16.5. The van der Waals surface area contributed by atoms with E-state index in [-0.39, 0.29) is 24.5 Å². The lowest BCUT2D eigenvalue weighted by Crippen LogP contribution is -2.59. The summed E-state index contributed by atoms with van der Waals surface area (Å²) < 4.78 is 6.99. The van der Waals surface area contributed by atoms with Crippen molar-refractivity contribution in [3.05, 3.63) is 11.8 Å². The van der Waals surface area contributed by atoms with Gasteiger partial charge in [-0.2, -0.15) is 5.10 Å². The van der Waals surface area contributed by atoms with Crippen LogP contribution in [0.25, 0.3) is 0 Å². The number of hydrogen-bond donors (Lipinski definition) is 0. The normalized spacial score (nSPS) is 22.1. The van der Waals surface area contributed by atoms with E-state index >= 15 is 0 Å². The quantitative estimate of drug-likeness (QED) is 0.758. The van der Waals surface area contributed by atoms with Crippen LogP contribution in [0.1, 0.15) is 25.5 Å². The Morgan fingerprint density at radius 3 is 2.62 bits per heavy atom. The molecule has 0 bridgehead atoms. The van der Waals surface area contributed by atoms with Crippen LogP contribution in [0.5, 0.6) is 0 Å². The fraction of sp³-hybridized carbons (Fsp3) is 0.722. The van der Waals surface area contributed by atoms with Gasteiger partial charge in [-0.3, -0.25) is 24.1 Å². The predicted molar refractivity (Wildman–Crippen MR) is 98.0 cm³/mol. The van der Waals surface area contributed by atoms with Gasteiger partial charge in [0.25, 0.3) is 0 Å². The number of nitrogens with zero attached hydrogens (tertiary/aromatic N) is 5. The minimum atomic E-state index is -0.108. The molecule has 2 saturated heterocycles. The van der Waals surface area contributed by atoms with Gasteiger partial charge in [-0.25, -0.2) is 0 Å². The molecule has 2 aliphatic heterocycles. The predicted octanol–water partition coefficient (Wildman–Crippen LogP) is 0.405. The van der Waals surface area contributed by atoms with Crippen molar-refractivity contribution in [1.29, 1.82) is 0 Å². The van der Waals surface area contributed by atoms with Gasteiger partial charge in [0, 0.05) is 52.4 Å². The van der Waals surface area contributed by atoms with Crippen molar-refractivity contribution in [2.75, 3.05) is 50.8 Å². The van der Waals surface area contributed by atoms with E-state index in [0.29, 0.717) is 19.7 Å². The van der Waals surface area contributed by atoms with Crippen LogP contribution in [-0.4, -0.2) is 83.4 Å². The minimum Gasteiger partial charge on any atom is -0.372 e. The molecule has 2 aliphatic rings. The molecule has 0 spiro atoms. The maximum atomic E-state index is 13.1. The van der Waals surface area contributed by atoms with E-state index in [1.807, 2.05) is 36.8 Å². The van der Waals surface area contributed by atoms with Gasteiger partial charge in [-0.05, 0) is 26.7 Å². The summed E-state index contributed by atoms with van der Waals surface area (Å²) in [5.41, 5.74) is 0.916. The van der Waals surface area contributed by atoms with E-state index in [0.717, 1.165) is 44.0 Å². The fourth-order valence-electron chi connectivity index (χ4n) is 3.84. The number of piperazine rings is 1. The first-order chi connectivity index (χ1) is 12.5. The Balaban J connectivity index is 1.61. The van der Waals surface area contributed by atoms with Crippen molar-refractivity contribution in [2.24, 2.45) is 7.05 Å². The standard InChI is InChI=1S/C18H29N5O3/c1-4-26-13-17(24)22-10-8-21(9-11-22)15-6-5-7-23(18(15)25)16-12-14(2)19-20(16)3/h12,15H,4-11,13H2,1-3H3/t15-/m0/s1. The summed E-state index contributed by atoms with van der Waals surface area (Å²) in [4.78, 5) is 31.1. The molecule has 1 atom stereocenters. The van der Waals surface area contributed by atoms with E-state index < -0.39 is 0 Å². The molecule has 3 heterocycles. The summed E-state index contributed by atoms with van der Waals surface area (Å²) >= 11 is 0. The lowest BCUT2D eigenvalue weighted by atomic mass is 10.0. The number of aryl methyl sites for hydroxylation is 2. The summed E-state index contributed by atoms with van der Waals surface area (Å²) in [6.45, 7) is 8.02. The maximum absolute atomic E-state index is 13.1. The Labute approximate surface area is 154 Å². The van der Waals surface area contributed by atoms with Gasteiger partial charge < -0.3 is 9.64 Å². The van der Waals surface area contributed by atoms with Crippen LogP contribution in [-0.2, 0) is 21.4 Å². The Bertz CT molecular complexity index is 651. The lowest BCUT2D eigenvalue weighted by molar-refractivity contribution is -0.138. The molecule has 8 nitrogen and oxygen atoms in total. The third kappa shape index (κ3) is 3.91. The van der Waals surface area contributed by atoms with Crippen LogP contribution in [0.2, 0.25) is 0 Å². The Hall–Kier alpha value is -1.93. The smallest absolute Gasteiger partial charge is 0.248 e. The number of hydrogen-bond acceptors (Lipinski definition) is 5. The highest BCUT2D eigenvalue weighted by Gasteiger charge is 2.36. The molecule has 8 heteroatoms. The number of carbonyl (C=O) groups excluding carboxylic acids is 2. The highest BCUT2D eigenvalue weighted by Crippen LogP contribution is 2.25. The summed E-state index contributed by atoms with van der Waals surface area (Å²) in [7, 11) is 1.88. The third-order valence-corrected chi connectivity index (χ3v) is 5.20. The summed E-state index contributed by atoms with van der Waals surface area (Å²) in [6.07, 6.45) is 1.85. The van der Waals surface area contributed by atoms with Gasteiger partial charge >= 0.3 is 0 Å². The van der Waals surface area contributed by atoms with E-state index in [2.05, 4.69) is 10.00 Å². The molecule has 0 saturated carbocycles.